The third-order valence-corrected chi connectivity index (χ3v) is 15.6. The number of aromatic hydroxyl groups is 1. The van der Waals surface area contributed by atoms with E-state index in [-0.39, 0.29) is 58.9 Å². The van der Waals surface area contributed by atoms with E-state index in [0.29, 0.717) is 37.7 Å². The average molecular weight is 941 g/mol. The predicted molar refractivity (Wildman–Crippen MR) is 233 cm³/mol. The molecule has 0 aromatic heterocycles. The second-order valence-electron chi connectivity index (χ2n) is 19.4. The van der Waals surface area contributed by atoms with E-state index in [1.165, 1.54) is 18.2 Å². The van der Waals surface area contributed by atoms with Gasteiger partial charge in [-0.25, -0.2) is 14.4 Å². The second kappa shape index (κ2) is 19.0. The molecule has 0 unspecified atom stereocenters. The molecule has 0 radical (unpaired) electrons. The summed E-state index contributed by atoms with van der Waals surface area (Å²) in [6.07, 6.45) is 6.30. The summed E-state index contributed by atoms with van der Waals surface area (Å²) in [5.41, 5.74) is -2.39. The summed E-state index contributed by atoms with van der Waals surface area (Å²) in [7, 11) is 0. The minimum absolute atomic E-state index is 0.0103. The molecule has 16 atom stereocenters. The zero-order chi connectivity index (χ0) is 47.4. The number of phenolic OH excluding ortho intramolecular Hbond substituents is 1. The first-order chi connectivity index (χ1) is 31.3. The summed E-state index contributed by atoms with van der Waals surface area (Å²) in [4.78, 5) is 53.5. The van der Waals surface area contributed by atoms with Gasteiger partial charge in [-0.3, -0.25) is 4.79 Å². The summed E-state index contributed by atoms with van der Waals surface area (Å²) in [6.45, 7) is 8.49. The Labute approximate surface area is 388 Å². The number of phenols is 1. The van der Waals surface area contributed by atoms with Crippen LogP contribution in [0.25, 0.3) is 0 Å². The van der Waals surface area contributed by atoms with Crippen LogP contribution >= 0.6 is 11.6 Å². The van der Waals surface area contributed by atoms with E-state index in [4.69, 9.17) is 44.8 Å². The van der Waals surface area contributed by atoms with Crippen molar-refractivity contribution in [1.82, 2.24) is 0 Å². The fourth-order valence-corrected chi connectivity index (χ4v) is 11.7. The monoisotopic (exact) mass is 940 g/mol. The summed E-state index contributed by atoms with van der Waals surface area (Å²) in [6, 6.07) is 2.75. The van der Waals surface area contributed by atoms with Gasteiger partial charge in [-0.05, 0) is 95.2 Å². The molecule has 1 aromatic carbocycles. The van der Waals surface area contributed by atoms with Crippen molar-refractivity contribution < 1.29 is 77.9 Å². The van der Waals surface area contributed by atoms with E-state index in [2.05, 4.69) is 6.08 Å². The zero-order valence-electron chi connectivity index (χ0n) is 37.8. The van der Waals surface area contributed by atoms with Gasteiger partial charge in [0.2, 0.25) is 0 Å². The molecular formula is C49H61ClO16. The number of aliphatic hydroxyl groups is 3. The van der Waals surface area contributed by atoms with Crippen LogP contribution in [0.5, 0.6) is 5.75 Å². The minimum Gasteiger partial charge on any atom is -0.507 e. The molecule has 2 saturated heterocycles. The highest BCUT2D eigenvalue weighted by Gasteiger charge is 2.60. The average Bonchev–Trinajstić information content (AvgIpc) is 3.48. The number of halogens is 1. The standard InChI is InChI=1S/C49H61ClO16/c1-23-22-49-28(19-30(23)44(55)56)12-9-7-6-8-11-27-15-16-29-31(48(27,5)47(59)65-42(43(49)54)46(58)66-49)13-10-14-36(29)62-37-20-34(52)40(25(3)60-37)63-38-21-35(53)41(26(4)61-38)64-45(57)39-24(2)32(50)17-18-33(39)51/h9,12,15-19,23,25-29,31,34-38,40-41,51-54H,6-8,10-11,13-14,20-22H2,1-5H3,(H,55,56)/b12-9-/t23-,25-,26-,27-,28-,29-,31-,34-,35-,36+,37+,38+,40-,41-,48+,49+/m1/s1. The summed E-state index contributed by atoms with van der Waals surface area (Å²) in [5.74, 6) is -7.18. The van der Waals surface area contributed by atoms with Crippen molar-refractivity contribution in [3.63, 3.8) is 0 Å². The molecule has 3 fully saturated rings. The Morgan fingerprint density at radius 1 is 0.879 bits per heavy atom. The molecule has 66 heavy (non-hydrogen) atoms. The van der Waals surface area contributed by atoms with Gasteiger partial charge in [0.15, 0.2) is 30.0 Å². The summed E-state index contributed by atoms with van der Waals surface area (Å²) < 4.78 is 42.7. The number of esters is 3. The van der Waals surface area contributed by atoms with E-state index >= 15 is 0 Å². The lowest BCUT2D eigenvalue weighted by Crippen LogP contribution is -2.56. The molecule has 8 rings (SSSR count). The van der Waals surface area contributed by atoms with Crippen LogP contribution in [0, 0.1) is 41.9 Å². The second-order valence-corrected chi connectivity index (χ2v) is 19.8. The highest BCUT2D eigenvalue weighted by molar-refractivity contribution is 6.32. The van der Waals surface area contributed by atoms with E-state index in [9.17, 15) is 44.7 Å². The number of carbonyl (C=O) groups excluding carboxylic acids is 3. The predicted octanol–water partition coefficient (Wildman–Crippen LogP) is 6.66. The van der Waals surface area contributed by atoms with Gasteiger partial charge in [-0.15, -0.1) is 0 Å². The maximum atomic E-state index is 14.7. The van der Waals surface area contributed by atoms with Gasteiger partial charge in [0.05, 0.1) is 35.9 Å². The molecule has 17 heteroatoms. The number of hydrogen-bond donors (Lipinski definition) is 5. The molecule has 1 saturated carbocycles. The SMILES string of the molecule is Cc1c(Cl)ccc(O)c1C(=O)O[C@H]1[C@H](O)C[C@H](O[C@H]2[C@H](O)C[C@H](O[C@H]3CCC[C@@H]4[C@H]3C=C[C@H]3CCCC/C=C\[C@@H]5C=C(C(=O)O)[C@H](C)C[C@]56OC(=O)C(=C6O)OC(=O)[C@]43C)O[C@@H]2C)O[C@@H]1C. The van der Waals surface area contributed by atoms with Crippen molar-refractivity contribution in [2.45, 2.75) is 160 Å². The molecule has 16 nitrogen and oxygen atoms in total. The smallest absolute Gasteiger partial charge is 0.379 e. The Hall–Kier alpha value is -4.29. The van der Waals surface area contributed by atoms with Crippen molar-refractivity contribution in [3.05, 3.63) is 75.8 Å². The summed E-state index contributed by atoms with van der Waals surface area (Å²) >= 11 is 6.16. The Bertz CT molecular complexity index is 2180. The van der Waals surface area contributed by atoms with Crippen molar-refractivity contribution in [1.29, 1.82) is 0 Å². The third kappa shape index (κ3) is 8.83. The number of carboxylic acid groups (broad SMARTS) is 1. The van der Waals surface area contributed by atoms with Crippen molar-refractivity contribution >= 4 is 35.5 Å². The molecule has 4 heterocycles. The molecule has 1 spiro atoms. The zero-order valence-corrected chi connectivity index (χ0v) is 38.6. The van der Waals surface area contributed by atoms with Crippen LogP contribution < -0.4 is 0 Å². The fraction of sp³-hybridized carbons (Fsp3) is 0.633. The van der Waals surface area contributed by atoms with Crippen LogP contribution in [-0.2, 0) is 47.5 Å². The quantitative estimate of drug-likeness (QED) is 0.109. The third-order valence-electron chi connectivity index (χ3n) is 15.2. The Balaban J connectivity index is 0.934. The van der Waals surface area contributed by atoms with Crippen molar-refractivity contribution in [3.8, 4) is 5.75 Å². The molecule has 2 bridgehead atoms. The Kier molecular flexibility index (Phi) is 13.9. The van der Waals surface area contributed by atoms with Crippen LogP contribution in [0.1, 0.15) is 108 Å². The first kappa shape index (κ1) is 48.2. The summed E-state index contributed by atoms with van der Waals surface area (Å²) in [5, 5.41) is 54.8. The van der Waals surface area contributed by atoms with Crippen molar-refractivity contribution in [2.24, 2.45) is 35.0 Å². The van der Waals surface area contributed by atoms with Crippen molar-refractivity contribution in [2.75, 3.05) is 0 Å². The van der Waals surface area contributed by atoms with Crippen LogP contribution in [0.3, 0.4) is 0 Å². The number of ether oxygens (including phenoxy) is 7. The number of aliphatic carboxylic acids is 1. The van der Waals surface area contributed by atoms with Gasteiger partial charge in [0, 0.05) is 41.7 Å². The van der Waals surface area contributed by atoms with Crippen LogP contribution in [-0.4, -0.2) is 110 Å². The molecule has 4 aliphatic heterocycles. The lowest BCUT2D eigenvalue weighted by Gasteiger charge is -2.51. The van der Waals surface area contributed by atoms with Gasteiger partial charge in [-0.2, -0.15) is 0 Å². The van der Waals surface area contributed by atoms with Gasteiger partial charge in [-0.1, -0.05) is 61.7 Å². The number of rotatable bonds is 7. The molecule has 5 N–H and O–H groups in total. The number of hydrogen-bond acceptors (Lipinski definition) is 15. The number of fused-ring (bicyclic) bond motifs is 3. The highest BCUT2D eigenvalue weighted by atomic mass is 35.5. The van der Waals surface area contributed by atoms with Gasteiger partial charge >= 0.3 is 23.9 Å². The maximum Gasteiger partial charge on any atom is 0.379 e. The largest absolute Gasteiger partial charge is 0.507 e. The van der Waals surface area contributed by atoms with E-state index in [1.807, 2.05) is 19.1 Å². The van der Waals surface area contributed by atoms with Crippen LogP contribution in [0.2, 0.25) is 5.02 Å². The Morgan fingerprint density at radius 3 is 2.27 bits per heavy atom. The van der Waals surface area contributed by atoms with E-state index in [0.717, 1.165) is 12.8 Å². The van der Waals surface area contributed by atoms with E-state index < -0.39 is 114 Å². The molecule has 7 aliphatic rings. The maximum absolute atomic E-state index is 14.7. The lowest BCUT2D eigenvalue weighted by atomic mass is 9.55. The fourth-order valence-electron chi connectivity index (χ4n) is 11.6. The minimum atomic E-state index is -1.62. The van der Waals surface area contributed by atoms with Crippen LogP contribution in [0.15, 0.2) is 59.6 Å². The molecular weight excluding hydrogens is 880 g/mol. The number of carbonyl (C=O) groups is 4. The first-order valence-corrected chi connectivity index (χ1v) is 23.6. The first-order valence-electron chi connectivity index (χ1n) is 23.2. The van der Waals surface area contributed by atoms with Crippen LogP contribution in [0.4, 0.5) is 0 Å². The highest BCUT2D eigenvalue weighted by Crippen LogP contribution is 2.55. The number of benzene rings is 1. The number of allylic oxidation sites excluding steroid dienone is 2. The van der Waals surface area contributed by atoms with E-state index in [1.54, 1.807) is 33.8 Å². The van der Waals surface area contributed by atoms with Gasteiger partial charge < -0.3 is 58.7 Å². The molecule has 360 valence electrons. The number of carboxylic acids is 1. The molecule has 0 amide bonds. The molecule has 3 aliphatic carbocycles. The lowest BCUT2D eigenvalue weighted by molar-refractivity contribution is -0.318. The van der Waals surface area contributed by atoms with Gasteiger partial charge in [0.25, 0.3) is 5.76 Å². The number of aliphatic hydroxyl groups excluding tert-OH is 3. The normalized spacial score (nSPS) is 40.9. The molecule has 1 aromatic rings. The Morgan fingerprint density at radius 2 is 1.58 bits per heavy atom. The topological polar surface area (TPSA) is 234 Å². The van der Waals surface area contributed by atoms with Gasteiger partial charge in [0.1, 0.15) is 17.4 Å².